The number of furan rings is 1. The summed E-state index contributed by atoms with van der Waals surface area (Å²) in [7, 11) is 2.86. The Balaban J connectivity index is 2.38. The van der Waals surface area contributed by atoms with Gasteiger partial charge in [0.05, 0.1) is 31.7 Å². The molecule has 0 spiro atoms. The molecule has 25 heavy (non-hydrogen) atoms. The van der Waals surface area contributed by atoms with Gasteiger partial charge in [-0.2, -0.15) is 0 Å². The van der Waals surface area contributed by atoms with Gasteiger partial charge < -0.3 is 23.9 Å². The number of hydrogen-bond donors (Lipinski definition) is 1. The molecule has 8 heteroatoms. The van der Waals surface area contributed by atoms with Crippen molar-refractivity contribution in [3.05, 3.63) is 53.5 Å². The van der Waals surface area contributed by atoms with E-state index in [2.05, 4.69) is 11.9 Å². The van der Waals surface area contributed by atoms with Gasteiger partial charge in [-0.25, -0.2) is 4.79 Å². The summed E-state index contributed by atoms with van der Waals surface area (Å²) in [5, 5.41) is 2.75. The minimum Gasteiger partial charge on any atom is -0.493 e. The summed E-state index contributed by atoms with van der Waals surface area (Å²) in [6, 6.07) is 5.91. The van der Waals surface area contributed by atoms with E-state index in [-0.39, 0.29) is 28.7 Å². The van der Waals surface area contributed by atoms with E-state index >= 15 is 0 Å². The molecule has 0 unspecified atom stereocenters. The molecule has 2 aromatic rings. The van der Waals surface area contributed by atoms with Gasteiger partial charge in [-0.15, -0.1) is 0 Å². The summed E-state index contributed by atoms with van der Waals surface area (Å²) < 4.78 is 20.4. The van der Waals surface area contributed by atoms with E-state index in [0.717, 1.165) is 0 Å². The van der Waals surface area contributed by atoms with Crippen LogP contribution in [-0.2, 0) is 4.74 Å². The standard InChI is InChI=1S/C17H16ClNO6/c1-10(18)9-25-17(21)11-7-14(22-2)15(23-3)8-12(11)19-16(20)13-5-4-6-24-13/h4-8H,1,9H2,2-3H3,(H,19,20). The van der Waals surface area contributed by atoms with Crippen LogP contribution < -0.4 is 14.8 Å². The van der Waals surface area contributed by atoms with Crippen molar-refractivity contribution in [3.8, 4) is 11.5 Å². The van der Waals surface area contributed by atoms with Crippen LogP contribution in [0.2, 0.25) is 0 Å². The lowest BCUT2D eigenvalue weighted by atomic mass is 10.1. The molecule has 0 bridgehead atoms. The quantitative estimate of drug-likeness (QED) is 0.756. The average molecular weight is 366 g/mol. The van der Waals surface area contributed by atoms with Crippen LogP contribution in [0, 0.1) is 0 Å². The smallest absolute Gasteiger partial charge is 0.340 e. The number of benzene rings is 1. The Bertz CT molecular complexity index is 785. The number of ether oxygens (including phenoxy) is 3. The van der Waals surface area contributed by atoms with Gasteiger partial charge in [0.15, 0.2) is 17.3 Å². The first kappa shape index (κ1) is 18.4. The monoisotopic (exact) mass is 365 g/mol. The highest BCUT2D eigenvalue weighted by Crippen LogP contribution is 2.34. The van der Waals surface area contributed by atoms with Gasteiger partial charge in [-0.05, 0) is 12.1 Å². The number of rotatable bonds is 7. The lowest BCUT2D eigenvalue weighted by Crippen LogP contribution is -2.16. The molecule has 1 aromatic carbocycles. The van der Waals surface area contributed by atoms with Crippen molar-refractivity contribution in [2.24, 2.45) is 0 Å². The molecule has 0 atom stereocenters. The fraction of sp³-hybridized carbons (Fsp3) is 0.176. The van der Waals surface area contributed by atoms with Crippen LogP contribution in [0.4, 0.5) is 5.69 Å². The average Bonchev–Trinajstić information content (AvgIpc) is 3.13. The number of nitrogens with one attached hydrogen (secondary N) is 1. The van der Waals surface area contributed by atoms with Crippen LogP contribution >= 0.6 is 11.6 Å². The molecule has 132 valence electrons. The van der Waals surface area contributed by atoms with Crippen molar-refractivity contribution < 1.29 is 28.2 Å². The lowest BCUT2D eigenvalue weighted by molar-refractivity contribution is 0.0547. The molecule has 0 saturated heterocycles. The molecule has 0 fully saturated rings. The van der Waals surface area contributed by atoms with Crippen molar-refractivity contribution in [1.29, 1.82) is 0 Å². The maximum Gasteiger partial charge on any atom is 0.340 e. The second-order valence-corrected chi connectivity index (χ2v) is 5.31. The van der Waals surface area contributed by atoms with Crippen LogP contribution in [0.15, 0.2) is 46.6 Å². The van der Waals surface area contributed by atoms with Crippen LogP contribution in [0.5, 0.6) is 11.5 Å². The number of amides is 1. The maximum atomic E-state index is 12.3. The van der Waals surface area contributed by atoms with Crippen LogP contribution in [0.1, 0.15) is 20.9 Å². The number of anilines is 1. The third-order valence-electron chi connectivity index (χ3n) is 3.10. The molecule has 0 aliphatic heterocycles. The molecule has 0 aliphatic rings. The van der Waals surface area contributed by atoms with E-state index in [1.165, 1.54) is 38.7 Å². The van der Waals surface area contributed by atoms with Gasteiger partial charge in [-0.3, -0.25) is 4.79 Å². The van der Waals surface area contributed by atoms with Gasteiger partial charge in [0.2, 0.25) is 0 Å². The maximum absolute atomic E-state index is 12.3. The Morgan fingerprint density at radius 3 is 2.48 bits per heavy atom. The zero-order chi connectivity index (χ0) is 18.4. The number of esters is 1. The summed E-state index contributed by atoms with van der Waals surface area (Å²) in [4.78, 5) is 24.5. The summed E-state index contributed by atoms with van der Waals surface area (Å²) in [6.45, 7) is 3.28. The van der Waals surface area contributed by atoms with Crippen molar-refractivity contribution in [2.45, 2.75) is 0 Å². The molecule has 7 nitrogen and oxygen atoms in total. The molecular weight excluding hydrogens is 350 g/mol. The van der Waals surface area contributed by atoms with Gasteiger partial charge in [0.25, 0.3) is 5.91 Å². The molecular formula is C17H16ClNO6. The summed E-state index contributed by atoms with van der Waals surface area (Å²) in [6.07, 6.45) is 1.37. The van der Waals surface area contributed by atoms with Crippen molar-refractivity contribution in [3.63, 3.8) is 0 Å². The molecule has 0 radical (unpaired) electrons. The fourth-order valence-corrected chi connectivity index (χ4v) is 2.02. The van der Waals surface area contributed by atoms with E-state index in [1.807, 2.05) is 0 Å². The van der Waals surface area contributed by atoms with E-state index < -0.39 is 11.9 Å². The second kappa shape index (κ2) is 8.25. The topological polar surface area (TPSA) is 87.0 Å². The Labute approximate surface area is 149 Å². The Kier molecular flexibility index (Phi) is 6.08. The minimum atomic E-state index is -0.711. The molecule has 2 rings (SSSR count). The van der Waals surface area contributed by atoms with Gasteiger partial charge in [-0.1, -0.05) is 18.2 Å². The SMILES string of the molecule is C=C(Cl)COC(=O)c1cc(OC)c(OC)cc1NC(=O)c1ccco1. The Morgan fingerprint density at radius 1 is 1.24 bits per heavy atom. The Hall–Kier alpha value is -2.93. The molecule has 1 amide bonds. The second-order valence-electron chi connectivity index (χ2n) is 4.78. The first-order valence-corrected chi connectivity index (χ1v) is 7.45. The van der Waals surface area contributed by atoms with E-state index in [4.69, 9.17) is 30.2 Å². The summed E-state index contributed by atoms with van der Waals surface area (Å²) >= 11 is 5.61. The summed E-state index contributed by atoms with van der Waals surface area (Å²) in [5.74, 6) is -0.528. The molecule has 1 heterocycles. The van der Waals surface area contributed by atoms with Crippen molar-refractivity contribution in [1.82, 2.24) is 0 Å². The predicted octanol–water partition coefficient (Wildman–Crippen LogP) is 3.46. The highest BCUT2D eigenvalue weighted by Gasteiger charge is 2.21. The zero-order valence-corrected chi connectivity index (χ0v) is 14.4. The number of halogens is 1. The van der Waals surface area contributed by atoms with Crippen LogP contribution in [0.25, 0.3) is 0 Å². The number of methoxy groups -OCH3 is 2. The zero-order valence-electron chi connectivity index (χ0n) is 13.6. The molecule has 1 N–H and O–H groups in total. The largest absolute Gasteiger partial charge is 0.493 e. The molecule has 1 aromatic heterocycles. The molecule has 0 saturated carbocycles. The van der Waals surface area contributed by atoms with Gasteiger partial charge in [0.1, 0.15) is 6.61 Å². The fourth-order valence-electron chi connectivity index (χ4n) is 1.96. The third-order valence-corrected chi connectivity index (χ3v) is 3.21. The highest BCUT2D eigenvalue weighted by atomic mass is 35.5. The normalized spacial score (nSPS) is 10.0. The minimum absolute atomic E-state index is 0.0653. The van der Waals surface area contributed by atoms with E-state index in [9.17, 15) is 9.59 Å². The van der Waals surface area contributed by atoms with E-state index in [0.29, 0.717) is 11.5 Å². The number of carbonyl (C=O) groups is 2. The third kappa shape index (κ3) is 4.54. The number of hydrogen-bond acceptors (Lipinski definition) is 6. The van der Waals surface area contributed by atoms with E-state index in [1.54, 1.807) is 6.07 Å². The van der Waals surface area contributed by atoms with Gasteiger partial charge >= 0.3 is 5.97 Å². The van der Waals surface area contributed by atoms with Crippen LogP contribution in [-0.4, -0.2) is 32.7 Å². The predicted molar refractivity (Wildman–Crippen MR) is 91.5 cm³/mol. The van der Waals surface area contributed by atoms with Crippen LogP contribution in [0.3, 0.4) is 0 Å². The first-order valence-electron chi connectivity index (χ1n) is 7.07. The van der Waals surface area contributed by atoms with Crippen molar-refractivity contribution >= 4 is 29.2 Å². The lowest BCUT2D eigenvalue weighted by Gasteiger charge is -2.14. The summed E-state index contributed by atoms with van der Waals surface area (Å²) in [5.41, 5.74) is 0.236. The number of carbonyl (C=O) groups excluding carboxylic acids is 2. The highest BCUT2D eigenvalue weighted by molar-refractivity contribution is 6.29. The Morgan fingerprint density at radius 2 is 1.92 bits per heavy atom. The molecule has 0 aliphatic carbocycles. The van der Waals surface area contributed by atoms with Crippen molar-refractivity contribution in [2.75, 3.05) is 26.1 Å². The first-order chi connectivity index (χ1) is 12.0. The van der Waals surface area contributed by atoms with Gasteiger partial charge in [0, 0.05) is 17.2 Å².